The van der Waals surface area contributed by atoms with Crippen molar-refractivity contribution in [3.05, 3.63) is 54.4 Å². The lowest BCUT2D eigenvalue weighted by atomic mass is 10.1. The van der Waals surface area contributed by atoms with Crippen LogP contribution in [0.15, 0.2) is 42.9 Å². The Morgan fingerprint density at radius 3 is 2.68 bits per heavy atom. The predicted octanol–water partition coefficient (Wildman–Crippen LogP) is 1.40. The molecule has 1 N–H and O–H groups in total. The highest BCUT2D eigenvalue weighted by Gasteiger charge is 2.33. The largest absolute Gasteiger partial charge is 0.396 e. The fourth-order valence-corrected chi connectivity index (χ4v) is 3.89. The van der Waals surface area contributed by atoms with Crippen LogP contribution in [0.1, 0.15) is 30.2 Å². The SMILES string of the molecule is C[C@@H]1CN(C(=O)c2cn3ccccc3n2)C[C@H](C)N1c1ccnc(CCO)n1. The summed E-state index contributed by atoms with van der Waals surface area (Å²) in [7, 11) is 0. The summed E-state index contributed by atoms with van der Waals surface area (Å²) in [5.41, 5.74) is 1.23. The zero-order valence-corrected chi connectivity index (χ0v) is 16.1. The zero-order chi connectivity index (χ0) is 19.7. The first-order chi connectivity index (χ1) is 13.6. The smallest absolute Gasteiger partial charge is 0.274 e. The van der Waals surface area contributed by atoms with Gasteiger partial charge in [-0.05, 0) is 32.0 Å². The Hall–Kier alpha value is -3.00. The monoisotopic (exact) mass is 380 g/mol. The number of imidazole rings is 1. The van der Waals surface area contributed by atoms with E-state index in [0.717, 1.165) is 11.5 Å². The van der Waals surface area contributed by atoms with Crippen molar-refractivity contribution in [2.24, 2.45) is 0 Å². The molecule has 2 atom stereocenters. The molecule has 1 aliphatic heterocycles. The third-order valence-corrected chi connectivity index (χ3v) is 5.08. The summed E-state index contributed by atoms with van der Waals surface area (Å²) in [6.45, 7) is 5.39. The van der Waals surface area contributed by atoms with E-state index in [2.05, 4.69) is 33.7 Å². The van der Waals surface area contributed by atoms with Crippen molar-refractivity contribution in [1.82, 2.24) is 24.3 Å². The summed E-state index contributed by atoms with van der Waals surface area (Å²) in [6, 6.07) is 7.79. The van der Waals surface area contributed by atoms with E-state index in [9.17, 15) is 4.79 Å². The molecule has 0 spiro atoms. The molecule has 0 aliphatic carbocycles. The first kappa shape index (κ1) is 18.4. The van der Waals surface area contributed by atoms with Crippen LogP contribution in [-0.2, 0) is 6.42 Å². The number of hydrogen-bond donors (Lipinski definition) is 1. The minimum atomic E-state index is -0.0503. The average molecular weight is 380 g/mol. The highest BCUT2D eigenvalue weighted by molar-refractivity contribution is 5.93. The van der Waals surface area contributed by atoms with Gasteiger partial charge in [-0.2, -0.15) is 0 Å². The van der Waals surface area contributed by atoms with E-state index in [0.29, 0.717) is 31.0 Å². The third kappa shape index (κ3) is 3.43. The van der Waals surface area contributed by atoms with E-state index >= 15 is 0 Å². The molecule has 8 nitrogen and oxygen atoms in total. The second-order valence-electron chi connectivity index (χ2n) is 7.21. The van der Waals surface area contributed by atoms with E-state index in [1.165, 1.54) is 0 Å². The number of fused-ring (bicyclic) bond motifs is 1. The third-order valence-electron chi connectivity index (χ3n) is 5.08. The Morgan fingerprint density at radius 1 is 1.18 bits per heavy atom. The van der Waals surface area contributed by atoms with Gasteiger partial charge in [0.2, 0.25) is 0 Å². The summed E-state index contributed by atoms with van der Waals surface area (Å²) in [5, 5.41) is 9.14. The van der Waals surface area contributed by atoms with Gasteiger partial charge in [-0.15, -0.1) is 0 Å². The minimum absolute atomic E-state index is 0.0237. The molecular formula is C20H24N6O2. The predicted molar refractivity (Wildman–Crippen MR) is 105 cm³/mol. The van der Waals surface area contributed by atoms with E-state index in [-0.39, 0.29) is 24.6 Å². The Bertz CT molecular complexity index is 942. The molecule has 0 radical (unpaired) electrons. The summed E-state index contributed by atoms with van der Waals surface area (Å²) in [6.07, 6.45) is 5.83. The Balaban J connectivity index is 1.53. The first-order valence-corrected chi connectivity index (χ1v) is 9.51. The van der Waals surface area contributed by atoms with Crippen LogP contribution in [0.4, 0.5) is 5.82 Å². The highest BCUT2D eigenvalue weighted by Crippen LogP contribution is 2.24. The maximum absolute atomic E-state index is 13.0. The van der Waals surface area contributed by atoms with Crippen molar-refractivity contribution in [2.45, 2.75) is 32.4 Å². The average Bonchev–Trinajstić information content (AvgIpc) is 3.11. The zero-order valence-electron chi connectivity index (χ0n) is 16.1. The number of nitrogens with zero attached hydrogens (tertiary/aromatic N) is 6. The number of amides is 1. The topological polar surface area (TPSA) is 86.9 Å². The first-order valence-electron chi connectivity index (χ1n) is 9.51. The molecule has 0 aromatic carbocycles. The second kappa shape index (κ2) is 7.55. The van der Waals surface area contributed by atoms with Gasteiger partial charge in [0.05, 0.1) is 6.61 Å². The molecule has 1 fully saturated rings. The van der Waals surface area contributed by atoms with Crippen LogP contribution in [-0.4, -0.2) is 67.0 Å². The van der Waals surface area contributed by atoms with Crippen molar-refractivity contribution in [1.29, 1.82) is 0 Å². The summed E-state index contributed by atoms with van der Waals surface area (Å²) in [4.78, 5) is 30.3. The van der Waals surface area contributed by atoms with Crippen LogP contribution in [0, 0.1) is 0 Å². The standard InChI is InChI=1S/C20H24N6O2/c1-14-11-25(20(28)16-13-24-9-4-3-5-18(24)22-16)12-15(2)26(14)19-6-8-21-17(23-19)7-10-27/h3-6,8-9,13-15,27H,7,10-12H2,1-2H3/t14-,15+. The number of rotatable bonds is 4. The van der Waals surface area contributed by atoms with E-state index in [4.69, 9.17) is 5.11 Å². The number of hydrogen-bond acceptors (Lipinski definition) is 6. The van der Waals surface area contributed by atoms with Gasteiger partial charge in [-0.25, -0.2) is 15.0 Å². The molecule has 0 unspecified atom stereocenters. The Kier molecular flexibility index (Phi) is 4.95. The van der Waals surface area contributed by atoms with E-state index < -0.39 is 0 Å². The molecule has 146 valence electrons. The number of aliphatic hydroxyl groups is 1. The lowest BCUT2D eigenvalue weighted by Crippen LogP contribution is -2.58. The van der Waals surface area contributed by atoms with Gasteiger partial charge in [0.1, 0.15) is 23.0 Å². The van der Waals surface area contributed by atoms with Gasteiger partial charge in [0, 0.05) is 50.2 Å². The molecule has 1 saturated heterocycles. The van der Waals surface area contributed by atoms with Crippen LogP contribution in [0.3, 0.4) is 0 Å². The molecule has 1 amide bonds. The number of anilines is 1. The molecule has 0 bridgehead atoms. The van der Waals surface area contributed by atoms with Crippen molar-refractivity contribution < 1.29 is 9.90 Å². The lowest BCUT2D eigenvalue weighted by Gasteiger charge is -2.45. The number of pyridine rings is 1. The van der Waals surface area contributed by atoms with E-state index in [1.807, 2.05) is 39.8 Å². The maximum Gasteiger partial charge on any atom is 0.274 e. The number of carbonyl (C=O) groups is 1. The molecule has 28 heavy (non-hydrogen) atoms. The van der Waals surface area contributed by atoms with Crippen LogP contribution in [0.2, 0.25) is 0 Å². The van der Waals surface area contributed by atoms with Crippen LogP contribution >= 0.6 is 0 Å². The van der Waals surface area contributed by atoms with Crippen LogP contribution in [0.5, 0.6) is 0 Å². The molecule has 3 aromatic rings. The van der Waals surface area contributed by atoms with E-state index in [1.54, 1.807) is 12.4 Å². The lowest BCUT2D eigenvalue weighted by molar-refractivity contribution is 0.0695. The van der Waals surface area contributed by atoms with Gasteiger partial charge in [-0.1, -0.05) is 6.07 Å². The van der Waals surface area contributed by atoms with Crippen LogP contribution in [0.25, 0.3) is 5.65 Å². The summed E-state index contributed by atoms with van der Waals surface area (Å²) < 4.78 is 1.86. The minimum Gasteiger partial charge on any atom is -0.396 e. The molecule has 1 aliphatic rings. The fourth-order valence-electron chi connectivity index (χ4n) is 3.89. The van der Waals surface area contributed by atoms with Gasteiger partial charge in [0.25, 0.3) is 5.91 Å². The van der Waals surface area contributed by atoms with Crippen molar-refractivity contribution >= 4 is 17.4 Å². The summed E-state index contributed by atoms with van der Waals surface area (Å²) in [5.74, 6) is 1.41. The number of aromatic nitrogens is 4. The van der Waals surface area contributed by atoms with Gasteiger partial charge >= 0.3 is 0 Å². The molecule has 4 heterocycles. The fraction of sp³-hybridized carbons (Fsp3) is 0.400. The maximum atomic E-state index is 13.0. The summed E-state index contributed by atoms with van der Waals surface area (Å²) >= 11 is 0. The number of aliphatic hydroxyl groups excluding tert-OH is 1. The van der Waals surface area contributed by atoms with Gasteiger partial charge < -0.3 is 19.3 Å². The van der Waals surface area contributed by atoms with Crippen molar-refractivity contribution in [3.8, 4) is 0 Å². The molecule has 0 saturated carbocycles. The molecule has 3 aromatic heterocycles. The number of piperazine rings is 1. The quantitative estimate of drug-likeness (QED) is 0.736. The van der Waals surface area contributed by atoms with Crippen LogP contribution < -0.4 is 4.90 Å². The number of carbonyl (C=O) groups excluding carboxylic acids is 1. The highest BCUT2D eigenvalue weighted by atomic mass is 16.3. The normalized spacial score (nSPS) is 20.0. The molecule has 4 rings (SSSR count). The Labute approximate surface area is 163 Å². The van der Waals surface area contributed by atoms with Gasteiger partial charge in [0.15, 0.2) is 0 Å². The Morgan fingerprint density at radius 2 is 1.96 bits per heavy atom. The van der Waals surface area contributed by atoms with Gasteiger partial charge in [-0.3, -0.25) is 4.79 Å². The van der Waals surface area contributed by atoms with Crippen molar-refractivity contribution in [3.63, 3.8) is 0 Å². The molecular weight excluding hydrogens is 356 g/mol. The molecule has 8 heteroatoms. The second-order valence-corrected chi connectivity index (χ2v) is 7.21. The van der Waals surface area contributed by atoms with Crippen molar-refractivity contribution in [2.75, 3.05) is 24.6 Å².